The number of nitrogens with zero attached hydrogens (tertiary/aromatic N) is 1. The first kappa shape index (κ1) is 27.1. The van der Waals surface area contributed by atoms with Gasteiger partial charge in [0.1, 0.15) is 18.0 Å². The van der Waals surface area contributed by atoms with Gasteiger partial charge in [0.15, 0.2) is 5.60 Å². The number of benzene rings is 1. The summed E-state index contributed by atoms with van der Waals surface area (Å²) in [7, 11) is 0. The van der Waals surface area contributed by atoms with Gasteiger partial charge in [0.05, 0.1) is 6.54 Å². The fraction of sp³-hybridized carbons (Fsp3) is 0.464. The second kappa shape index (κ2) is 12.5. The van der Waals surface area contributed by atoms with Crippen molar-refractivity contribution in [1.29, 1.82) is 0 Å². The smallest absolute Gasteiger partial charge is 0.343 e. The monoisotopic (exact) mass is 498 g/mol. The molecule has 2 aliphatic rings. The van der Waals surface area contributed by atoms with Gasteiger partial charge in [-0.25, -0.2) is 4.79 Å². The number of esters is 1. The Kier molecular flexibility index (Phi) is 9.66. The van der Waals surface area contributed by atoms with E-state index in [0.29, 0.717) is 31.7 Å². The summed E-state index contributed by atoms with van der Waals surface area (Å²) < 4.78 is 17.7. The molecule has 1 atom stereocenters. The number of ether oxygens (including phenoxy) is 3. The van der Waals surface area contributed by atoms with Crippen LogP contribution >= 0.6 is 11.8 Å². The highest BCUT2D eigenvalue weighted by atomic mass is 32.2. The number of carbonyl (C=O) groups is 1. The molecule has 0 aromatic heterocycles. The van der Waals surface area contributed by atoms with Crippen LogP contribution in [0.4, 0.5) is 0 Å². The number of hydrogen-bond donors (Lipinski definition) is 1. The van der Waals surface area contributed by atoms with Gasteiger partial charge in [-0.2, -0.15) is 0 Å². The van der Waals surface area contributed by atoms with Crippen molar-refractivity contribution in [3.8, 4) is 5.75 Å². The Morgan fingerprint density at radius 3 is 2.60 bits per heavy atom. The average molecular weight is 499 g/mol. The number of hydrogen-bond acceptors (Lipinski definition) is 7. The summed E-state index contributed by atoms with van der Waals surface area (Å²) in [6.07, 6.45) is 13.3. The van der Waals surface area contributed by atoms with Crippen molar-refractivity contribution >= 4 is 17.7 Å². The zero-order chi connectivity index (χ0) is 25.3. The molecule has 0 spiro atoms. The van der Waals surface area contributed by atoms with Gasteiger partial charge in [0.25, 0.3) is 0 Å². The first-order chi connectivity index (χ1) is 16.8. The maximum atomic E-state index is 13.2. The molecule has 7 heteroatoms. The molecule has 2 N–H and O–H groups in total. The number of carbonyl (C=O) groups excluding carboxylic acids is 1. The van der Waals surface area contributed by atoms with Crippen molar-refractivity contribution in [3.05, 3.63) is 76.3 Å². The van der Waals surface area contributed by atoms with Crippen LogP contribution in [0.5, 0.6) is 5.75 Å². The van der Waals surface area contributed by atoms with Crippen LogP contribution in [0.1, 0.15) is 52.5 Å². The van der Waals surface area contributed by atoms with Crippen LogP contribution in [-0.2, 0) is 19.9 Å². The van der Waals surface area contributed by atoms with E-state index < -0.39 is 17.2 Å². The summed E-state index contributed by atoms with van der Waals surface area (Å²) in [5, 5.41) is 2.12. The fourth-order valence-electron chi connectivity index (χ4n) is 3.99. The van der Waals surface area contributed by atoms with E-state index in [1.165, 1.54) is 10.5 Å². The Bertz CT molecular complexity index is 968. The van der Waals surface area contributed by atoms with E-state index in [1.807, 2.05) is 52.0 Å². The van der Waals surface area contributed by atoms with Crippen molar-refractivity contribution in [1.82, 2.24) is 4.90 Å². The van der Waals surface area contributed by atoms with Gasteiger partial charge < -0.3 is 24.8 Å². The van der Waals surface area contributed by atoms with Crippen LogP contribution in [0, 0.1) is 0 Å². The van der Waals surface area contributed by atoms with Crippen LogP contribution < -0.4 is 10.5 Å². The van der Waals surface area contributed by atoms with Crippen molar-refractivity contribution < 1.29 is 19.0 Å². The predicted octanol–water partition coefficient (Wildman–Crippen LogP) is 5.63. The van der Waals surface area contributed by atoms with E-state index >= 15 is 0 Å². The zero-order valence-electron chi connectivity index (χ0n) is 21.3. The highest BCUT2D eigenvalue weighted by Gasteiger charge is 2.43. The summed E-state index contributed by atoms with van der Waals surface area (Å²) in [5.74, 6) is 0.308. The second-order valence-electron chi connectivity index (χ2n) is 9.47. The van der Waals surface area contributed by atoms with Crippen LogP contribution in [0.2, 0.25) is 0 Å². The molecule has 0 saturated heterocycles. The summed E-state index contributed by atoms with van der Waals surface area (Å²) in [6, 6.07) is 7.46. The quantitative estimate of drug-likeness (QED) is 0.397. The average Bonchev–Trinajstić information content (AvgIpc) is 2.84. The molecule has 0 saturated carbocycles. The summed E-state index contributed by atoms with van der Waals surface area (Å²) >= 11 is 1.76. The molecule has 0 fully saturated rings. The summed E-state index contributed by atoms with van der Waals surface area (Å²) in [4.78, 5) is 16.6. The van der Waals surface area contributed by atoms with Crippen LogP contribution in [-0.4, -0.2) is 42.8 Å². The standard InChI is InChI=1S/C28H38N2O4S/c1-5-33-28(15-16-29,26(31)34-27(2,3)4)23-11-13-24(14-12-23)32-19-17-30-18-20-35-25(21-30)22-9-7-6-8-10-22/h6-7,9,11-14,18,20-21H,5,8,10,15-17,19,29H2,1-4H3. The number of nitrogens with two attached hydrogens (primary N) is 1. The molecule has 0 bridgehead atoms. The minimum atomic E-state index is -1.24. The Balaban J connectivity index is 1.64. The highest BCUT2D eigenvalue weighted by molar-refractivity contribution is 8.06. The van der Waals surface area contributed by atoms with E-state index in [9.17, 15) is 4.79 Å². The third-order valence-electron chi connectivity index (χ3n) is 5.62. The third-order valence-corrected chi connectivity index (χ3v) is 6.49. The lowest BCUT2D eigenvalue weighted by molar-refractivity contribution is -0.186. The van der Waals surface area contributed by atoms with Gasteiger partial charge in [0.2, 0.25) is 0 Å². The minimum Gasteiger partial charge on any atom is -0.492 e. The van der Waals surface area contributed by atoms with Gasteiger partial charge in [-0.05, 0) is 75.8 Å². The lowest BCUT2D eigenvalue weighted by atomic mass is 9.89. The first-order valence-corrected chi connectivity index (χ1v) is 13.1. The highest BCUT2D eigenvalue weighted by Crippen LogP contribution is 2.35. The van der Waals surface area contributed by atoms with Crippen LogP contribution in [0.3, 0.4) is 0 Å². The molecule has 1 aliphatic carbocycles. The van der Waals surface area contributed by atoms with Gasteiger partial charge in [0, 0.05) is 30.3 Å². The molecule has 35 heavy (non-hydrogen) atoms. The Morgan fingerprint density at radius 2 is 1.97 bits per heavy atom. The zero-order valence-corrected chi connectivity index (χ0v) is 22.1. The maximum absolute atomic E-state index is 13.2. The number of rotatable bonds is 11. The van der Waals surface area contributed by atoms with Crippen molar-refractivity contribution in [2.75, 3.05) is 26.3 Å². The molecule has 3 rings (SSSR count). The van der Waals surface area contributed by atoms with Gasteiger partial charge in [-0.3, -0.25) is 0 Å². The molecule has 6 nitrogen and oxygen atoms in total. The molecule has 1 unspecified atom stereocenters. The van der Waals surface area contributed by atoms with Crippen molar-refractivity contribution in [3.63, 3.8) is 0 Å². The van der Waals surface area contributed by atoms with Crippen molar-refractivity contribution in [2.24, 2.45) is 5.73 Å². The van der Waals surface area contributed by atoms with E-state index in [-0.39, 0.29) is 0 Å². The SMILES string of the molecule is CCOC(CCN)(C(=O)OC(C)(C)C)c1ccc(OCCN2C=CSC(C3=CC=CCC3)=C2)cc1. The second-order valence-corrected chi connectivity index (χ2v) is 10.4. The van der Waals surface area contributed by atoms with E-state index in [0.717, 1.165) is 25.1 Å². The molecular weight excluding hydrogens is 460 g/mol. The molecule has 1 heterocycles. The predicted molar refractivity (Wildman–Crippen MR) is 143 cm³/mol. The van der Waals surface area contributed by atoms with Crippen molar-refractivity contribution in [2.45, 2.75) is 58.2 Å². The molecule has 190 valence electrons. The molecule has 0 amide bonds. The van der Waals surface area contributed by atoms with Gasteiger partial charge in [-0.1, -0.05) is 42.1 Å². The lowest BCUT2D eigenvalue weighted by Gasteiger charge is -2.34. The molecule has 1 aromatic rings. The van der Waals surface area contributed by atoms with E-state index in [2.05, 4.69) is 40.9 Å². The molecule has 1 aromatic carbocycles. The fourth-order valence-corrected chi connectivity index (χ4v) is 4.87. The largest absolute Gasteiger partial charge is 0.492 e. The number of thioether (sulfide) groups is 1. The topological polar surface area (TPSA) is 74.0 Å². The van der Waals surface area contributed by atoms with E-state index in [1.54, 1.807) is 11.8 Å². The number of allylic oxidation sites excluding steroid dienone is 4. The van der Waals surface area contributed by atoms with E-state index in [4.69, 9.17) is 19.9 Å². The minimum absolute atomic E-state index is 0.293. The van der Waals surface area contributed by atoms with Gasteiger partial charge >= 0.3 is 5.97 Å². The van der Waals surface area contributed by atoms with Crippen LogP contribution in [0.15, 0.2) is 70.8 Å². The Morgan fingerprint density at radius 1 is 1.20 bits per heavy atom. The Labute approximate surface area is 213 Å². The first-order valence-electron chi connectivity index (χ1n) is 12.2. The third kappa shape index (κ3) is 7.50. The van der Waals surface area contributed by atoms with Crippen LogP contribution in [0.25, 0.3) is 0 Å². The summed E-state index contributed by atoms with van der Waals surface area (Å²) in [6.45, 7) is 9.32. The Hall–Kier alpha value is -2.48. The molecule has 1 aliphatic heterocycles. The summed E-state index contributed by atoms with van der Waals surface area (Å²) in [5.41, 5.74) is 6.09. The maximum Gasteiger partial charge on any atom is 0.343 e. The molecule has 0 radical (unpaired) electrons. The molecular formula is C28H38N2O4S. The normalized spacial score (nSPS) is 17.5. The lowest BCUT2D eigenvalue weighted by Crippen LogP contribution is -2.45. The van der Waals surface area contributed by atoms with Gasteiger partial charge in [-0.15, -0.1) is 0 Å².